The molecule has 1 rings (SSSR count). The van der Waals surface area contributed by atoms with Gasteiger partial charge in [0.05, 0.1) is 13.2 Å². The lowest BCUT2D eigenvalue weighted by molar-refractivity contribution is 0.0698. The van der Waals surface area contributed by atoms with Crippen LogP contribution in [-0.4, -0.2) is 52.5 Å². The highest BCUT2D eigenvalue weighted by molar-refractivity contribution is 7.11. The van der Waals surface area contributed by atoms with Gasteiger partial charge in [-0.15, -0.1) is 11.3 Å². The summed E-state index contributed by atoms with van der Waals surface area (Å²) in [5.74, 6) is 0.845. The highest BCUT2D eigenvalue weighted by Crippen LogP contribution is 2.16. The van der Waals surface area contributed by atoms with Crippen molar-refractivity contribution >= 4 is 17.3 Å². The SMILES string of the molecule is CN=C(NCCCOCCOC)NC(C)Cc1ccc(C)s1. The van der Waals surface area contributed by atoms with Gasteiger partial charge in [-0.2, -0.15) is 0 Å². The molecule has 0 fully saturated rings. The number of aliphatic imine (C=N–C) groups is 1. The van der Waals surface area contributed by atoms with Crippen LogP contribution in [0.1, 0.15) is 23.1 Å². The lowest BCUT2D eigenvalue weighted by Gasteiger charge is -2.17. The van der Waals surface area contributed by atoms with Crippen LogP contribution in [0.5, 0.6) is 0 Å². The summed E-state index contributed by atoms with van der Waals surface area (Å²) in [6.07, 6.45) is 1.96. The van der Waals surface area contributed by atoms with Crippen LogP contribution in [-0.2, 0) is 15.9 Å². The third-order valence-corrected chi connectivity index (χ3v) is 4.12. The average molecular weight is 327 g/mol. The van der Waals surface area contributed by atoms with Gasteiger partial charge in [-0.3, -0.25) is 4.99 Å². The van der Waals surface area contributed by atoms with E-state index in [9.17, 15) is 0 Å². The molecule has 0 radical (unpaired) electrons. The van der Waals surface area contributed by atoms with Crippen molar-refractivity contribution in [2.45, 2.75) is 32.7 Å². The van der Waals surface area contributed by atoms with Crippen LogP contribution in [0, 0.1) is 6.92 Å². The fraction of sp³-hybridized carbons (Fsp3) is 0.688. The number of guanidine groups is 1. The van der Waals surface area contributed by atoms with Gasteiger partial charge in [-0.05, 0) is 32.4 Å². The second kappa shape index (κ2) is 11.5. The quantitative estimate of drug-likeness (QED) is 0.393. The fourth-order valence-corrected chi connectivity index (χ4v) is 3.02. The molecule has 1 atom stereocenters. The zero-order valence-corrected chi connectivity index (χ0v) is 15.0. The Hall–Kier alpha value is -1.11. The second-order valence-electron chi connectivity index (χ2n) is 5.22. The van der Waals surface area contributed by atoms with E-state index in [1.165, 1.54) is 9.75 Å². The lowest BCUT2D eigenvalue weighted by atomic mass is 10.2. The number of nitrogens with zero attached hydrogens (tertiary/aromatic N) is 1. The molecule has 0 amide bonds. The predicted octanol–water partition coefficient (Wildman–Crippen LogP) is 2.21. The smallest absolute Gasteiger partial charge is 0.191 e. The predicted molar refractivity (Wildman–Crippen MR) is 94.0 cm³/mol. The van der Waals surface area contributed by atoms with Gasteiger partial charge < -0.3 is 20.1 Å². The Morgan fingerprint density at radius 2 is 2.14 bits per heavy atom. The van der Waals surface area contributed by atoms with Crippen molar-refractivity contribution in [1.82, 2.24) is 10.6 Å². The van der Waals surface area contributed by atoms with E-state index in [4.69, 9.17) is 9.47 Å². The Kier molecular flexibility index (Phi) is 9.86. The molecule has 1 unspecified atom stereocenters. The van der Waals surface area contributed by atoms with Gasteiger partial charge in [0.15, 0.2) is 5.96 Å². The largest absolute Gasteiger partial charge is 0.382 e. The number of hydrogen-bond acceptors (Lipinski definition) is 4. The van der Waals surface area contributed by atoms with E-state index in [2.05, 4.69) is 41.6 Å². The summed E-state index contributed by atoms with van der Waals surface area (Å²) in [6, 6.07) is 4.72. The topological polar surface area (TPSA) is 54.9 Å². The number of nitrogens with one attached hydrogen (secondary N) is 2. The van der Waals surface area contributed by atoms with E-state index in [1.807, 2.05) is 11.3 Å². The van der Waals surface area contributed by atoms with E-state index in [-0.39, 0.29) is 0 Å². The molecule has 1 heterocycles. The van der Waals surface area contributed by atoms with Crippen molar-refractivity contribution in [1.29, 1.82) is 0 Å². The number of thiophene rings is 1. The summed E-state index contributed by atoms with van der Waals surface area (Å²) < 4.78 is 10.4. The minimum atomic E-state index is 0.349. The lowest BCUT2D eigenvalue weighted by Crippen LogP contribution is -2.43. The van der Waals surface area contributed by atoms with Gasteiger partial charge in [0.25, 0.3) is 0 Å². The van der Waals surface area contributed by atoms with E-state index < -0.39 is 0 Å². The highest BCUT2D eigenvalue weighted by Gasteiger charge is 2.07. The Morgan fingerprint density at radius 1 is 1.32 bits per heavy atom. The van der Waals surface area contributed by atoms with Gasteiger partial charge in [0.2, 0.25) is 0 Å². The van der Waals surface area contributed by atoms with E-state index in [1.54, 1.807) is 14.2 Å². The minimum absolute atomic E-state index is 0.349. The first-order valence-electron chi connectivity index (χ1n) is 7.75. The monoisotopic (exact) mass is 327 g/mol. The van der Waals surface area contributed by atoms with Gasteiger partial charge >= 0.3 is 0 Å². The number of rotatable bonds is 10. The summed E-state index contributed by atoms with van der Waals surface area (Å²) in [6.45, 7) is 7.20. The van der Waals surface area contributed by atoms with Crippen molar-refractivity contribution in [3.63, 3.8) is 0 Å². The van der Waals surface area contributed by atoms with Crippen LogP contribution in [0.2, 0.25) is 0 Å². The maximum Gasteiger partial charge on any atom is 0.191 e. The molecule has 0 spiro atoms. The molecule has 22 heavy (non-hydrogen) atoms. The molecule has 1 aromatic heterocycles. The molecule has 126 valence electrons. The zero-order valence-electron chi connectivity index (χ0n) is 14.1. The van der Waals surface area contributed by atoms with Crippen molar-refractivity contribution in [2.24, 2.45) is 4.99 Å². The van der Waals surface area contributed by atoms with E-state index in [0.29, 0.717) is 19.3 Å². The molecule has 0 aliphatic heterocycles. The first kappa shape index (κ1) is 18.9. The number of ether oxygens (including phenoxy) is 2. The third kappa shape index (κ3) is 8.36. The Bertz CT molecular complexity index is 435. The molecule has 0 saturated heterocycles. The number of hydrogen-bond donors (Lipinski definition) is 2. The molecule has 6 heteroatoms. The third-order valence-electron chi connectivity index (χ3n) is 3.10. The van der Waals surface area contributed by atoms with Crippen LogP contribution >= 0.6 is 11.3 Å². The summed E-state index contributed by atoms with van der Waals surface area (Å²) >= 11 is 1.85. The molecular formula is C16H29N3O2S. The van der Waals surface area contributed by atoms with Crippen molar-refractivity contribution < 1.29 is 9.47 Å². The van der Waals surface area contributed by atoms with Crippen molar-refractivity contribution in [2.75, 3.05) is 40.5 Å². The molecule has 0 aromatic carbocycles. The molecular weight excluding hydrogens is 298 g/mol. The molecule has 5 nitrogen and oxygen atoms in total. The van der Waals surface area contributed by atoms with Crippen molar-refractivity contribution in [3.8, 4) is 0 Å². The van der Waals surface area contributed by atoms with Crippen LogP contribution in [0.4, 0.5) is 0 Å². The van der Waals surface area contributed by atoms with Gasteiger partial charge in [-0.1, -0.05) is 0 Å². The van der Waals surface area contributed by atoms with E-state index in [0.717, 1.165) is 32.0 Å². The first-order chi connectivity index (χ1) is 10.7. The van der Waals surface area contributed by atoms with Gasteiger partial charge in [-0.25, -0.2) is 0 Å². The highest BCUT2D eigenvalue weighted by atomic mass is 32.1. The summed E-state index contributed by atoms with van der Waals surface area (Å²) in [4.78, 5) is 7.02. The van der Waals surface area contributed by atoms with Gasteiger partial charge in [0.1, 0.15) is 0 Å². The molecule has 0 saturated carbocycles. The zero-order chi connectivity index (χ0) is 16.2. The summed E-state index contributed by atoms with van der Waals surface area (Å²) in [5.41, 5.74) is 0. The maximum absolute atomic E-state index is 5.43. The number of aryl methyl sites for hydroxylation is 1. The van der Waals surface area contributed by atoms with Gasteiger partial charge in [0, 0.05) is 49.5 Å². The van der Waals surface area contributed by atoms with Crippen LogP contribution in [0.15, 0.2) is 17.1 Å². The summed E-state index contributed by atoms with van der Waals surface area (Å²) in [5, 5.41) is 6.73. The Morgan fingerprint density at radius 3 is 2.77 bits per heavy atom. The molecule has 2 N–H and O–H groups in total. The molecule has 0 aliphatic carbocycles. The molecule has 0 bridgehead atoms. The standard InChI is InChI=1S/C16H29N3O2S/c1-13(12-15-7-6-14(2)22-15)19-16(17-3)18-8-5-9-21-11-10-20-4/h6-7,13H,5,8-12H2,1-4H3,(H2,17,18,19). The summed E-state index contributed by atoms with van der Waals surface area (Å²) in [7, 11) is 3.48. The number of methoxy groups -OCH3 is 1. The van der Waals surface area contributed by atoms with Crippen LogP contribution < -0.4 is 10.6 Å². The first-order valence-corrected chi connectivity index (χ1v) is 8.56. The normalized spacial score (nSPS) is 13.2. The fourth-order valence-electron chi connectivity index (χ4n) is 2.00. The van der Waals surface area contributed by atoms with Crippen LogP contribution in [0.3, 0.4) is 0 Å². The van der Waals surface area contributed by atoms with Crippen molar-refractivity contribution in [3.05, 3.63) is 21.9 Å². The maximum atomic E-state index is 5.43. The Labute approximate surface area is 138 Å². The Balaban J connectivity index is 2.16. The molecule has 1 aromatic rings. The minimum Gasteiger partial charge on any atom is -0.382 e. The second-order valence-corrected chi connectivity index (χ2v) is 6.59. The average Bonchev–Trinajstić information content (AvgIpc) is 2.90. The molecule has 0 aliphatic rings. The van der Waals surface area contributed by atoms with Crippen LogP contribution in [0.25, 0.3) is 0 Å². The van der Waals surface area contributed by atoms with E-state index >= 15 is 0 Å².